The Morgan fingerprint density at radius 2 is 2.11 bits per heavy atom. The molecule has 0 unspecified atom stereocenters. The average Bonchev–Trinajstić information content (AvgIpc) is 2.35. The molecule has 0 aliphatic heterocycles. The molecule has 1 aliphatic rings. The second kappa shape index (κ2) is 4.54. The Morgan fingerprint density at radius 1 is 1.28 bits per heavy atom. The van der Waals surface area contributed by atoms with E-state index in [1.165, 1.54) is 36.5 Å². The topological polar surface area (TPSA) is 24.9 Å². The van der Waals surface area contributed by atoms with Gasteiger partial charge in [0, 0.05) is 27.0 Å². The van der Waals surface area contributed by atoms with E-state index in [4.69, 9.17) is 0 Å². The highest BCUT2D eigenvalue weighted by atomic mass is 79.9. The normalized spacial score (nSPS) is 17.4. The standard InChI is InChI=1S/C15H17BrN2/c1-2-15(8-4-9-15)18-14-12-5-3-6-13(16)11(12)7-10-17-14/h3,5-7,10H,2,4,8-9H2,1H3,(H,17,18). The van der Waals surface area contributed by atoms with Crippen LogP contribution in [0.4, 0.5) is 5.82 Å². The molecular formula is C15H17BrN2. The number of halogens is 1. The van der Waals surface area contributed by atoms with Crippen molar-refractivity contribution in [3.8, 4) is 0 Å². The van der Waals surface area contributed by atoms with Gasteiger partial charge in [0.15, 0.2) is 0 Å². The van der Waals surface area contributed by atoms with E-state index in [1.54, 1.807) is 0 Å². The molecule has 1 aliphatic carbocycles. The number of benzene rings is 1. The maximum atomic E-state index is 4.53. The Labute approximate surface area is 116 Å². The van der Waals surface area contributed by atoms with Crippen LogP contribution in [0.15, 0.2) is 34.9 Å². The summed E-state index contributed by atoms with van der Waals surface area (Å²) in [5, 5.41) is 6.10. The van der Waals surface area contributed by atoms with E-state index >= 15 is 0 Å². The second-order valence-electron chi connectivity index (χ2n) is 5.11. The van der Waals surface area contributed by atoms with Crippen LogP contribution in [-0.2, 0) is 0 Å². The van der Waals surface area contributed by atoms with Gasteiger partial charge in [-0.1, -0.05) is 35.0 Å². The zero-order valence-corrected chi connectivity index (χ0v) is 12.1. The molecule has 3 heteroatoms. The first kappa shape index (κ1) is 12.0. The highest BCUT2D eigenvalue weighted by Gasteiger charge is 2.35. The molecule has 3 rings (SSSR count). The van der Waals surface area contributed by atoms with Crippen LogP contribution in [0.25, 0.3) is 10.8 Å². The lowest BCUT2D eigenvalue weighted by Crippen LogP contribution is -2.44. The number of nitrogens with zero attached hydrogens (tertiary/aromatic N) is 1. The third kappa shape index (κ3) is 1.91. The summed E-state index contributed by atoms with van der Waals surface area (Å²) in [6.45, 7) is 2.26. The van der Waals surface area contributed by atoms with Crippen LogP contribution in [-0.4, -0.2) is 10.5 Å². The molecule has 1 N–H and O–H groups in total. The highest BCUT2D eigenvalue weighted by molar-refractivity contribution is 9.10. The fraction of sp³-hybridized carbons (Fsp3) is 0.400. The molecule has 2 nitrogen and oxygen atoms in total. The molecule has 0 radical (unpaired) electrons. The molecular weight excluding hydrogens is 288 g/mol. The zero-order valence-electron chi connectivity index (χ0n) is 10.5. The van der Waals surface area contributed by atoms with E-state index in [9.17, 15) is 0 Å². The predicted octanol–water partition coefficient (Wildman–Crippen LogP) is 4.74. The van der Waals surface area contributed by atoms with Crippen LogP contribution in [0.2, 0.25) is 0 Å². The van der Waals surface area contributed by atoms with Gasteiger partial charge < -0.3 is 5.32 Å². The van der Waals surface area contributed by atoms with Gasteiger partial charge in [-0.2, -0.15) is 0 Å². The number of aromatic nitrogens is 1. The van der Waals surface area contributed by atoms with E-state index in [2.05, 4.69) is 57.4 Å². The lowest BCUT2D eigenvalue weighted by molar-refractivity contribution is 0.269. The van der Waals surface area contributed by atoms with Gasteiger partial charge in [-0.25, -0.2) is 4.98 Å². The monoisotopic (exact) mass is 304 g/mol. The largest absolute Gasteiger partial charge is 0.364 e. The van der Waals surface area contributed by atoms with Crippen molar-refractivity contribution in [3.63, 3.8) is 0 Å². The van der Waals surface area contributed by atoms with E-state index in [0.29, 0.717) is 0 Å². The molecule has 2 aromatic rings. The maximum absolute atomic E-state index is 4.53. The molecule has 1 aromatic heterocycles. The summed E-state index contributed by atoms with van der Waals surface area (Å²) in [5.74, 6) is 1.02. The van der Waals surface area contributed by atoms with Gasteiger partial charge in [-0.3, -0.25) is 0 Å². The van der Waals surface area contributed by atoms with Gasteiger partial charge in [0.2, 0.25) is 0 Å². The first-order valence-electron chi connectivity index (χ1n) is 6.55. The zero-order chi connectivity index (χ0) is 12.6. The Balaban J connectivity index is 2.04. The molecule has 1 saturated carbocycles. The summed E-state index contributed by atoms with van der Waals surface area (Å²) in [4.78, 5) is 4.53. The van der Waals surface area contributed by atoms with Crippen LogP contribution in [0, 0.1) is 0 Å². The van der Waals surface area contributed by atoms with E-state index in [1.807, 2.05) is 6.20 Å². The molecule has 94 valence electrons. The fourth-order valence-electron chi connectivity index (χ4n) is 2.69. The van der Waals surface area contributed by atoms with Crippen LogP contribution >= 0.6 is 15.9 Å². The fourth-order valence-corrected chi connectivity index (χ4v) is 3.19. The van der Waals surface area contributed by atoms with E-state index in [-0.39, 0.29) is 5.54 Å². The smallest absolute Gasteiger partial charge is 0.134 e. The van der Waals surface area contributed by atoms with Crippen molar-refractivity contribution in [1.29, 1.82) is 0 Å². The third-order valence-corrected chi connectivity index (χ3v) is 4.82. The number of anilines is 1. The summed E-state index contributed by atoms with van der Waals surface area (Å²) in [5.41, 5.74) is 0.281. The van der Waals surface area contributed by atoms with Crippen LogP contribution < -0.4 is 5.32 Å². The van der Waals surface area contributed by atoms with Crippen molar-refractivity contribution >= 4 is 32.5 Å². The van der Waals surface area contributed by atoms with Crippen molar-refractivity contribution in [3.05, 3.63) is 34.9 Å². The molecule has 0 bridgehead atoms. The first-order chi connectivity index (χ1) is 8.74. The van der Waals surface area contributed by atoms with Gasteiger partial charge >= 0.3 is 0 Å². The molecule has 0 saturated heterocycles. The summed E-state index contributed by atoms with van der Waals surface area (Å²) in [7, 11) is 0. The third-order valence-electron chi connectivity index (χ3n) is 4.12. The minimum absolute atomic E-state index is 0.281. The van der Waals surface area contributed by atoms with Gasteiger partial charge in [-0.15, -0.1) is 0 Å². The van der Waals surface area contributed by atoms with Gasteiger partial charge in [0.25, 0.3) is 0 Å². The minimum atomic E-state index is 0.281. The summed E-state index contributed by atoms with van der Waals surface area (Å²) >= 11 is 3.60. The molecule has 1 aromatic carbocycles. The van der Waals surface area contributed by atoms with Crippen LogP contribution in [0.3, 0.4) is 0 Å². The SMILES string of the molecule is CCC1(Nc2nccc3c(Br)cccc23)CCC1. The lowest BCUT2D eigenvalue weighted by Gasteiger charge is -2.42. The molecule has 0 amide bonds. The Hall–Kier alpha value is -1.09. The van der Waals surface area contributed by atoms with Crippen LogP contribution in [0.1, 0.15) is 32.6 Å². The number of rotatable bonds is 3. The number of hydrogen-bond acceptors (Lipinski definition) is 2. The van der Waals surface area contributed by atoms with E-state index < -0.39 is 0 Å². The van der Waals surface area contributed by atoms with Crippen molar-refractivity contribution in [2.75, 3.05) is 5.32 Å². The minimum Gasteiger partial charge on any atom is -0.364 e. The van der Waals surface area contributed by atoms with Crippen molar-refractivity contribution in [1.82, 2.24) is 4.98 Å². The molecule has 18 heavy (non-hydrogen) atoms. The molecule has 0 atom stereocenters. The van der Waals surface area contributed by atoms with Crippen molar-refractivity contribution in [2.45, 2.75) is 38.1 Å². The molecule has 1 fully saturated rings. The second-order valence-corrected chi connectivity index (χ2v) is 5.96. The summed E-state index contributed by atoms with van der Waals surface area (Å²) in [6, 6.07) is 8.34. The van der Waals surface area contributed by atoms with Crippen LogP contribution in [0.5, 0.6) is 0 Å². The summed E-state index contributed by atoms with van der Waals surface area (Å²) < 4.78 is 1.13. The van der Waals surface area contributed by atoms with Crippen molar-refractivity contribution in [2.24, 2.45) is 0 Å². The number of hydrogen-bond donors (Lipinski definition) is 1. The van der Waals surface area contributed by atoms with E-state index in [0.717, 1.165) is 10.3 Å². The molecule has 1 heterocycles. The Kier molecular flexibility index (Phi) is 3.02. The lowest BCUT2D eigenvalue weighted by atomic mass is 9.75. The maximum Gasteiger partial charge on any atom is 0.134 e. The predicted molar refractivity (Wildman–Crippen MR) is 79.9 cm³/mol. The first-order valence-corrected chi connectivity index (χ1v) is 7.35. The Morgan fingerprint density at radius 3 is 2.78 bits per heavy atom. The quantitative estimate of drug-likeness (QED) is 0.885. The number of pyridine rings is 1. The van der Waals surface area contributed by atoms with Gasteiger partial charge in [0.05, 0.1) is 0 Å². The van der Waals surface area contributed by atoms with Crippen molar-refractivity contribution < 1.29 is 0 Å². The average molecular weight is 305 g/mol. The number of nitrogens with one attached hydrogen (secondary N) is 1. The van der Waals surface area contributed by atoms with Gasteiger partial charge in [-0.05, 0) is 37.8 Å². The highest BCUT2D eigenvalue weighted by Crippen LogP contribution is 2.39. The van der Waals surface area contributed by atoms with Gasteiger partial charge in [0.1, 0.15) is 5.82 Å². The molecule has 0 spiro atoms. The Bertz CT molecular complexity index is 570. The summed E-state index contributed by atoms with van der Waals surface area (Å²) in [6.07, 6.45) is 6.90. The number of fused-ring (bicyclic) bond motifs is 1.